The van der Waals surface area contributed by atoms with Gasteiger partial charge in [0.15, 0.2) is 11.6 Å². The van der Waals surface area contributed by atoms with E-state index < -0.39 is 46.6 Å². The Hall–Kier alpha value is -4.05. The van der Waals surface area contributed by atoms with Gasteiger partial charge in [0.25, 0.3) is 5.91 Å². The van der Waals surface area contributed by atoms with Crippen LogP contribution in [-0.2, 0) is 29.1 Å². The third kappa shape index (κ3) is 4.28. The number of ketones is 2. The van der Waals surface area contributed by atoms with Gasteiger partial charge in [-0.2, -0.15) is 0 Å². The summed E-state index contributed by atoms with van der Waals surface area (Å²) in [6, 6.07) is 3.80. The predicted molar refractivity (Wildman–Crippen MR) is 142 cm³/mol. The number of amides is 1. The van der Waals surface area contributed by atoms with E-state index in [1.165, 1.54) is 0 Å². The minimum absolute atomic E-state index is 0.00861. The number of furan rings is 1. The Labute approximate surface area is 225 Å². The Morgan fingerprint density at radius 2 is 1.85 bits per heavy atom. The van der Waals surface area contributed by atoms with Crippen LogP contribution in [0.5, 0.6) is 5.75 Å². The minimum atomic E-state index is -1.14. The lowest BCUT2D eigenvalue weighted by molar-refractivity contribution is -0.126. The summed E-state index contributed by atoms with van der Waals surface area (Å²) >= 11 is 0. The number of primary amides is 1. The summed E-state index contributed by atoms with van der Waals surface area (Å²) < 4.78 is 5.71. The lowest BCUT2D eigenvalue weighted by Gasteiger charge is -2.41. The number of hydrogen-bond donors (Lipinski definition) is 5. The van der Waals surface area contributed by atoms with Gasteiger partial charge in [-0.1, -0.05) is 0 Å². The van der Waals surface area contributed by atoms with Crippen LogP contribution in [0.3, 0.4) is 0 Å². The van der Waals surface area contributed by atoms with Crippen LogP contribution in [0.25, 0.3) is 0 Å². The second kappa shape index (κ2) is 9.60. The van der Waals surface area contributed by atoms with Crippen LogP contribution in [-0.4, -0.2) is 46.9 Å². The molecule has 3 aliphatic rings. The van der Waals surface area contributed by atoms with E-state index in [1.54, 1.807) is 0 Å². The van der Waals surface area contributed by atoms with Crippen LogP contribution < -0.4 is 16.0 Å². The minimum Gasteiger partial charge on any atom is -0.511 e. The molecule has 1 aromatic carbocycles. The second-order valence-corrected chi connectivity index (χ2v) is 11.0. The third-order valence-corrected chi connectivity index (χ3v) is 8.26. The molecule has 0 saturated carbocycles. The zero-order valence-electron chi connectivity index (χ0n) is 22.4. The van der Waals surface area contributed by atoms with E-state index in [4.69, 9.17) is 10.2 Å². The van der Waals surface area contributed by atoms with E-state index >= 15 is 0 Å². The summed E-state index contributed by atoms with van der Waals surface area (Å²) in [7, 11) is 3.72. The number of allylic oxidation sites excluding steroid dienone is 3. The number of fused-ring (bicyclic) bond motifs is 3. The number of Topliss-reactive ketones (excluding diaryl/α,β-unsaturated/α-hetero) is 2. The van der Waals surface area contributed by atoms with Crippen molar-refractivity contribution in [1.29, 1.82) is 0 Å². The largest absolute Gasteiger partial charge is 0.511 e. The van der Waals surface area contributed by atoms with Gasteiger partial charge < -0.3 is 35.7 Å². The molecule has 0 saturated heterocycles. The SMILES string of the molecule is Cc1cc(CNCc2cc(N(C)C)c3c(c2O)C(=O)C2=C(O)C4C(=O)C(C(N)=O)=C(O)C[C@@H]4C[C@@H]2C3)oc1C. The van der Waals surface area contributed by atoms with Crippen molar-refractivity contribution in [3.8, 4) is 5.75 Å². The number of aliphatic hydroxyl groups is 2. The van der Waals surface area contributed by atoms with Crippen molar-refractivity contribution in [2.45, 2.75) is 46.2 Å². The third-order valence-electron chi connectivity index (χ3n) is 8.26. The molecule has 10 heteroatoms. The fourth-order valence-electron chi connectivity index (χ4n) is 6.33. The van der Waals surface area contributed by atoms with Crippen LogP contribution in [0.4, 0.5) is 5.69 Å². The van der Waals surface area contributed by atoms with Gasteiger partial charge in [0, 0.05) is 43.9 Å². The number of anilines is 1. The van der Waals surface area contributed by atoms with Crippen molar-refractivity contribution in [2.75, 3.05) is 19.0 Å². The molecule has 1 heterocycles. The lowest BCUT2D eigenvalue weighted by atomic mass is 9.62. The highest BCUT2D eigenvalue weighted by molar-refractivity contribution is 6.22. The van der Waals surface area contributed by atoms with Crippen molar-refractivity contribution in [2.24, 2.45) is 23.5 Å². The first kappa shape index (κ1) is 26.6. The molecule has 0 fully saturated rings. The summed E-state index contributed by atoms with van der Waals surface area (Å²) in [6.07, 6.45) is 0.732. The van der Waals surface area contributed by atoms with Crippen molar-refractivity contribution >= 4 is 23.2 Å². The first-order chi connectivity index (χ1) is 18.4. The fraction of sp³-hybridized carbons (Fsp3) is 0.414. The van der Waals surface area contributed by atoms with Crippen molar-refractivity contribution in [1.82, 2.24) is 5.32 Å². The number of phenolic OH excluding ortho intramolecular Hbond substituents is 1. The van der Waals surface area contributed by atoms with E-state index in [2.05, 4.69) is 5.32 Å². The van der Waals surface area contributed by atoms with E-state index in [0.29, 0.717) is 30.5 Å². The molecule has 6 N–H and O–H groups in total. The van der Waals surface area contributed by atoms with E-state index in [1.807, 2.05) is 45.0 Å². The Morgan fingerprint density at radius 3 is 2.46 bits per heavy atom. The summed E-state index contributed by atoms with van der Waals surface area (Å²) in [5.41, 5.74) is 7.97. The van der Waals surface area contributed by atoms with Crippen LogP contribution in [0.2, 0.25) is 0 Å². The molecule has 5 rings (SSSR count). The number of carbonyl (C=O) groups is 3. The van der Waals surface area contributed by atoms with Gasteiger partial charge in [-0.15, -0.1) is 0 Å². The zero-order valence-corrected chi connectivity index (χ0v) is 22.4. The number of rotatable bonds is 6. The molecule has 3 aliphatic carbocycles. The number of nitrogens with one attached hydrogen (secondary N) is 1. The Morgan fingerprint density at radius 1 is 1.13 bits per heavy atom. The molecule has 1 amide bonds. The van der Waals surface area contributed by atoms with Crippen molar-refractivity contribution in [3.05, 3.63) is 68.6 Å². The Kier molecular flexibility index (Phi) is 6.54. The normalized spacial score (nSPS) is 22.5. The lowest BCUT2D eigenvalue weighted by Crippen LogP contribution is -2.43. The topological polar surface area (TPSA) is 166 Å². The zero-order chi connectivity index (χ0) is 28.3. The molecule has 206 valence electrons. The molecule has 3 atom stereocenters. The average molecular weight is 536 g/mol. The molecule has 0 aliphatic heterocycles. The summed E-state index contributed by atoms with van der Waals surface area (Å²) in [5.74, 6) is -3.76. The standard InChI is InChI=1S/C29H33N3O7/c1-12-5-17(39-13(12)2)11-31-10-16-8-19(32(3)4)18-7-14-6-15-9-20(33)24(29(30)38)28(37)22(15)26(35)21(14)27(36)23(18)25(16)34/h5,8,14-15,22,31,33-35H,6-7,9-11H2,1-4H3,(H2,30,38)/t14-,15+,22?/m1/s1. The van der Waals surface area contributed by atoms with E-state index in [-0.39, 0.29) is 35.6 Å². The van der Waals surface area contributed by atoms with Gasteiger partial charge in [0.05, 0.1) is 18.0 Å². The van der Waals surface area contributed by atoms with Crippen LogP contribution in [0.1, 0.15) is 51.4 Å². The highest BCUT2D eigenvalue weighted by Crippen LogP contribution is 2.51. The molecule has 0 spiro atoms. The number of aliphatic hydroxyl groups excluding tert-OH is 2. The number of carbonyl (C=O) groups excluding carboxylic acids is 3. The van der Waals surface area contributed by atoms with Gasteiger partial charge >= 0.3 is 0 Å². The maximum atomic E-state index is 13.9. The van der Waals surface area contributed by atoms with Gasteiger partial charge in [0.1, 0.15) is 34.4 Å². The Balaban J connectivity index is 1.52. The highest BCUT2D eigenvalue weighted by atomic mass is 16.3. The average Bonchev–Trinajstić information content (AvgIpc) is 3.16. The van der Waals surface area contributed by atoms with Gasteiger partial charge in [-0.25, -0.2) is 0 Å². The quantitative estimate of drug-likeness (QED) is 0.349. The smallest absolute Gasteiger partial charge is 0.255 e. The summed E-state index contributed by atoms with van der Waals surface area (Å²) in [4.78, 5) is 40.7. The first-order valence-electron chi connectivity index (χ1n) is 13.0. The molecule has 0 bridgehead atoms. The number of aryl methyl sites for hydroxylation is 2. The van der Waals surface area contributed by atoms with Gasteiger partial charge in [0.2, 0.25) is 0 Å². The summed E-state index contributed by atoms with van der Waals surface area (Å²) in [5, 5.41) is 36.1. The molecule has 1 aromatic heterocycles. The Bertz CT molecular complexity index is 1460. The monoisotopic (exact) mass is 535 g/mol. The molecule has 10 nitrogen and oxygen atoms in total. The molecular formula is C29H33N3O7. The molecule has 0 radical (unpaired) electrons. The number of nitrogens with two attached hydrogens (primary N) is 1. The molecule has 39 heavy (non-hydrogen) atoms. The van der Waals surface area contributed by atoms with Crippen molar-refractivity contribution < 1.29 is 34.1 Å². The molecule has 1 unspecified atom stereocenters. The number of hydrogen-bond acceptors (Lipinski definition) is 9. The number of phenols is 1. The number of aromatic hydroxyl groups is 1. The van der Waals surface area contributed by atoms with E-state index in [0.717, 1.165) is 22.8 Å². The van der Waals surface area contributed by atoms with Crippen LogP contribution in [0.15, 0.2) is 39.2 Å². The number of nitrogens with zero attached hydrogens (tertiary/aromatic N) is 1. The fourth-order valence-corrected chi connectivity index (χ4v) is 6.33. The van der Waals surface area contributed by atoms with Gasteiger partial charge in [-0.05, 0) is 61.8 Å². The molecular weight excluding hydrogens is 502 g/mol. The first-order valence-corrected chi connectivity index (χ1v) is 13.0. The second-order valence-electron chi connectivity index (χ2n) is 11.0. The van der Waals surface area contributed by atoms with Crippen LogP contribution >= 0.6 is 0 Å². The maximum absolute atomic E-state index is 13.9. The highest BCUT2D eigenvalue weighted by Gasteiger charge is 2.50. The maximum Gasteiger partial charge on any atom is 0.255 e. The van der Waals surface area contributed by atoms with Gasteiger partial charge in [-0.3, -0.25) is 14.4 Å². The molecule has 2 aromatic rings. The van der Waals surface area contributed by atoms with Crippen LogP contribution in [0, 0.1) is 31.6 Å². The van der Waals surface area contributed by atoms with E-state index in [9.17, 15) is 29.7 Å². The number of benzene rings is 1. The van der Waals surface area contributed by atoms with Crippen molar-refractivity contribution in [3.63, 3.8) is 0 Å². The summed E-state index contributed by atoms with van der Waals surface area (Å²) in [6.45, 7) is 4.54. The predicted octanol–water partition coefficient (Wildman–Crippen LogP) is 3.03.